The average molecular weight is 131 g/mol. The molecule has 0 saturated heterocycles. The Bertz CT molecular complexity index is 120. The Labute approximate surface area is 53.9 Å². The minimum atomic E-state index is -0.652. The molecule has 0 aromatic rings. The van der Waals surface area contributed by atoms with Gasteiger partial charge in [-0.3, -0.25) is 0 Å². The van der Waals surface area contributed by atoms with Gasteiger partial charge in [-0.1, -0.05) is 9.64 Å². The number of nitroso groups, excluding NO2 is 1. The molecule has 0 radical (unpaired) electrons. The molecular weight excluding hydrogens is 120 g/mol. The van der Waals surface area contributed by atoms with Crippen molar-refractivity contribution >= 4 is 6.72 Å². The van der Waals surface area contributed by atoms with Gasteiger partial charge < -0.3 is 5.11 Å². The van der Waals surface area contributed by atoms with Gasteiger partial charge in [-0.2, -0.15) is 0 Å². The summed E-state index contributed by atoms with van der Waals surface area (Å²) in [6, 6.07) is 0. The van der Waals surface area contributed by atoms with E-state index in [9.17, 15) is 0 Å². The molecule has 0 saturated carbocycles. The van der Waals surface area contributed by atoms with Crippen molar-refractivity contribution < 1.29 is 5.11 Å². The third-order valence-corrected chi connectivity index (χ3v) is 0.726. The normalized spacial score (nSPS) is 12.3. The van der Waals surface area contributed by atoms with Crippen molar-refractivity contribution in [2.24, 2.45) is 10.4 Å². The zero-order valence-electron chi connectivity index (χ0n) is 5.66. The molecule has 0 fully saturated rings. The lowest BCUT2D eigenvalue weighted by Crippen LogP contribution is -2.22. The van der Waals surface area contributed by atoms with E-state index in [1.807, 2.05) is 0 Å². The second-order valence-corrected chi connectivity index (χ2v) is 2.23. The van der Waals surface area contributed by atoms with E-state index in [0.29, 0.717) is 0 Å². The van der Waals surface area contributed by atoms with Gasteiger partial charge in [0.2, 0.25) is 0 Å². The molecule has 0 heterocycles. The molecule has 0 bridgehead atoms. The van der Waals surface area contributed by atoms with Crippen LogP contribution in [-0.4, -0.2) is 24.0 Å². The molecule has 0 unspecified atom stereocenters. The van der Waals surface area contributed by atoms with E-state index in [0.717, 1.165) is 0 Å². The van der Waals surface area contributed by atoms with Gasteiger partial charge in [-0.15, -0.1) is 0 Å². The van der Waals surface area contributed by atoms with E-state index in [-0.39, 0.29) is 6.61 Å². The van der Waals surface area contributed by atoms with Crippen LogP contribution >= 0.6 is 0 Å². The van der Waals surface area contributed by atoms with Crippen molar-refractivity contribution in [1.82, 2.24) is 0 Å². The third kappa shape index (κ3) is 3.78. The van der Waals surface area contributed by atoms with Gasteiger partial charge >= 0.3 is 5.60 Å². The zero-order chi connectivity index (χ0) is 7.33. The highest BCUT2D eigenvalue weighted by Crippen LogP contribution is 2.04. The lowest BCUT2D eigenvalue weighted by molar-refractivity contribution is 0.241. The Kier molecular flexibility index (Phi) is 3.01. The van der Waals surface area contributed by atoms with Crippen molar-refractivity contribution in [2.45, 2.75) is 19.4 Å². The summed E-state index contributed by atoms with van der Waals surface area (Å²) in [4.78, 5) is 0. The van der Waals surface area contributed by atoms with E-state index >= 15 is 0 Å². The van der Waals surface area contributed by atoms with E-state index in [4.69, 9.17) is 5.11 Å². The molecule has 4 nitrogen and oxygen atoms in total. The SMILES string of the molecule is C=NN=[O+]C(C)(C)CO. The van der Waals surface area contributed by atoms with E-state index in [1.165, 1.54) is 0 Å². The van der Waals surface area contributed by atoms with E-state index in [1.54, 1.807) is 13.8 Å². The number of aliphatic hydroxyl groups excluding tert-OH is 1. The molecule has 0 aromatic heterocycles. The summed E-state index contributed by atoms with van der Waals surface area (Å²) in [5, 5.41) is 14.9. The van der Waals surface area contributed by atoms with Crippen molar-refractivity contribution in [2.75, 3.05) is 6.61 Å². The first-order valence-electron chi connectivity index (χ1n) is 2.57. The monoisotopic (exact) mass is 131 g/mol. The number of aliphatic hydroxyl groups is 1. The fourth-order valence-electron chi connectivity index (χ4n) is 0.168. The number of hydrogen-bond donors (Lipinski definition) is 1. The Morgan fingerprint density at radius 3 is 2.56 bits per heavy atom. The summed E-state index contributed by atoms with van der Waals surface area (Å²) in [7, 11) is 0. The number of nitrogens with zero attached hydrogens (tertiary/aromatic N) is 2. The molecule has 9 heavy (non-hydrogen) atoms. The minimum absolute atomic E-state index is 0.0913. The fraction of sp³-hybridized carbons (Fsp3) is 0.800. The molecule has 52 valence electrons. The largest absolute Gasteiger partial charge is 0.386 e. The van der Waals surface area contributed by atoms with Crippen molar-refractivity contribution in [3.8, 4) is 0 Å². The summed E-state index contributed by atoms with van der Waals surface area (Å²) in [5.41, 5.74) is -0.652. The minimum Gasteiger partial charge on any atom is -0.386 e. The standard InChI is InChI=1S/C5H11N2O2/c1-5(2,4-8)9-7-6-3/h8H,3-4H2,1-2H3/q+1. The first-order chi connectivity index (χ1) is 4.12. The van der Waals surface area contributed by atoms with Crippen LogP contribution in [-0.2, 0) is 0 Å². The molecule has 0 rings (SSSR count). The fourth-order valence-corrected chi connectivity index (χ4v) is 0.168. The molecule has 0 aliphatic rings. The average Bonchev–Trinajstić information content (AvgIpc) is 1.84. The molecule has 0 aromatic carbocycles. The summed E-state index contributed by atoms with van der Waals surface area (Å²) >= 11 is 0. The van der Waals surface area contributed by atoms with Crippen LogP contribution in [0.25, 0.3) is 0 Å². The van der Waals surface area contributed by atoms with Crippen LogP contribution in [0.5, 0.6) is 0 Å². The summed E-state index contributed by atoms with van der Waals surface area (Å²) in [6.07, 6.45) is 0. The topological polar surface area (TPSA) is 56.2 Å². The molecule has 0 aliphatic carbocycles. The Balaban J connectivity index is 3.84. The third-order valence-electron chi connectivity index (χ3n) is 0.726. The second kappa shape index (κ2) is 3.29. The Hall–Kier alpha value is -0.770. The van der Waals surface area contributed by atoms with Gasteiger partial charge in [0.05, 0.1) is 0 Å². The molecule has 1 N–H and O–H groups in total. The summed E-state index contributed by atoms with van der Waals surface area (Å²) in [5.74, 6) is 0. The van der Waals surface area contributed by atoms with Crippen LogP contribution in [0.15, 0.2) is 10.4 Å². The maximum atomic E-state index is 8.57. The first kappa shape index (κ1) is 8.23. The van der Waals surface area contributed by atoms with Crippen LogP contribution in [0.2, 0.25) is 0 Å². The number of hydrogen-bond acceptors (Lipinski definition) is 2. The maximum Gasteiger partial charge on any atom is 0.342 e. The molecule has 4 heteroatoms. The quantitative estimate of drug-likeness (QED) is 0.341. The van der Waals surface area contributed by atoms with Gasteiger partial charge in [-0.05, 0) is 0 Å². The zero-order valence-corrected chi connectivity index (χ0v) is 5.66. The molecule has 0 aliphatic heterocycles. The summed E-state index contributed by atoms with van der Waals surface area (Å²) in [6.45, 7) is 6.38. The molecule has 0 spiro atoms. The summed E-state index contributed by atoms with van der Waals surface area (Å²) < 4.78 is 4.67. The van der Waals surface area contributed by atoms with Crippen molar-refractivity contribution in [1.29, 1.82) is 0 Å². The Morgan fingerprint density at radius 2 is 2.22 bits per heavy atom. The van der Waals surface area contributed by atoms with Crippen LogP contribution in [0.3, 0.4) is 0 Å². The van der Waals surface area contributed by atoms with Gasteiger partial charge in [-0.25, -0.2) is 0 Å². The van der Waals surface area contributed by atoms with Crippen molar-refractivity contribution in [3.63, 3.8) is 0 Å². The van der Waals surface area contributed by atoms with Crippen LogP contribution in [0.4, 0.5) is 0 Å². The Morgan fingerprint density at radius 1 is 1.67 bits per heavy atom. The predicted molar refractivity (Wildman–Crippen MR) is 36.5 cm³/mol. The molecule has 0 amide bonds. The first-order valence-corrected chi connectivity index (χ1v) is 2.57. The smallest absolute Gasteiger partial charge is 0.342 e. The predicted octanol–water partition coefficient (Wildman–Crippen LogP) is 0.675. The van der Waals surface area contributed by atoms with Gasteiger partial charge in [0.1, 0.15) is 6.61 Å². The highest BCUT2D eigenvalue weighted by Gasteiger charge is 2.29. The maximum absolute atomic E-state index is 8.57. The lowest BCUT2D eigenvalue weighted by Gasteiger charge is -1.97. The van der Waals surface area contributed by atoms with Crippen molar-refractivity contribution in [3.05, 3.63) is 4.54 Å². The van der Waals surface area contributed by atoms with E-state index < -0.39 is 5.60 Å². The number of rotatable bonds is 3. The lowest BCUT2D eigenvalue weighted by atomic mass is 10.2. The molecule has 0 atom stereocenters. The van der Waals surface area contributed by atoms with Gasteiger partial charge in [0, 0.05) is 20.6 Å². The highest BCUT2D eigenvalue weighted by molar-refractivity contribution is 5.22. The second-order valence-electron chi connectivity index (χ2n) is 2.23. The van der Waals surface area contributed by atoms with E-state index in [2.05, 4.69) is 21.6 Å². The van der Waals surface area contributed by atoms with Crippen LogP contribution < -0.4 is 0 Å². The van der Waals surface area contributed by atoms with Gasteiger partial charge in [0.25, 0.3) is 5.29 Å². The van der Waals surface area contributed by atoms with Crippen LogP contribution in [0, 0.1) is 4.54 Å². The van der Waals surface area contributed by atoms with Gasteiger partial charge in [0.15, 0.2) is 0 Å². The highest BCUT2D eigenvalue weighted by atomic mass is 16.5. The van der Waals surface area contributed by atoms with Crippen LogP contribution in [0.1, 0.15) is 13.8 Å². The molecular formula is C5H11N2O2+.